The average Bonchev–Trinajstić information content (AvgIpc) is 3.28. The van der Waals surface area contributed by atoms with Crippen LogP contribution in [0.5, 0.6) is 0 Å². The van der Waals surface area contributed by atoms with Crippen LogP contribution in [0.3, 0.4) is 0 Å². The summed E-state index contributed by atoms with van der Waals surface area (Å²) >= 11 is 0. The SMILES string of the molecule is c1ccc(-c2ccc(-c3ccc(N(c4ccc(-c5ccccc5-c5ccc(-c6ccccc6)cc5)cc4)c4cccc(-c5ccccc5)c4)cc3)cc2)cc1. The normalized spacial score (nSPS) is 10.9. The molecule has 0 N–H and O–H groups in total. The molecule has 0 radical (unpaired) electrons. The van der Waals surface area contributed by atoms with Gasteiger partial charge in [-0.1, -0.05) is 200 Å². The standard InChI is InChI=1S/C54H39N/c1-4-13-40(14-5-1)43-23-25-45(26-24-43)46-31-35-50(36-32-46)55(52-20-12-19-49(39-52)42-17-8-3-9-18-42)51-37-33-48(34-38-51)54-22-11-10-21-53(54)47-29-27-44(28-30-47)41-15-6-2-7-16-41/h1-39H. The number of anilines is 3. The smallest absolute Gasteiger partial charge is 0.0467 e. The highest BCUT2D eigenvalue weighted by Crippen LogP contribution is 2.40. The maximum Gasteiger partial charge on any atom is 0.0467 e. The summed E-state index contributed by atoms with van der Waals surface area (Å²) in [7, 11) is 0. The van der Waals surface area contributed by atoms with Gasteiger partial charge in [0.2, 0.25) is 0 Å². The fourth-order valence-electron chi connectivity index (χ4n) is 7.44. The van der Waals surface area contributed by atoms with Gasteiger partial charge in [0.05, 0.1) is 0 Å². The topological polar surface area (TPSA) is 3.24 Å². The van der Waals surface area contributed by atoms with Crippen LogP contribution in [-0.2, 0) is 0 Å². The van der Waals surface area contributed by atoms with E-state index in [1.165, 1.54) is 66.8 Å². The van der Waals surface area contributed by atoms with Crippen molar-refractivity contribution in [1.82, 2.24) is 0 Å². The van der Waals surface area contributed by atoms with Crippen molar-refractivity contribution in [1.29, 1.82) is 0 Å². The lowest BCUT2D eigenvalue weighted by atomic mass is 9.93. The Bertz CT molecular complexity index is 2630. The summed E-state index contributed by atoms with van der Waals surface area (Å²) in [5.74, 6) is 0. The summed E-state index contributed by atoms with van der Waals surface area (Å²) in [4.78, 5) is 2.35. The van der Waals surface area contributed by atoms with Crippen LogP contribution in [0.4, 0.5) is 17.1 Å². The van der Waals surface area contributed by atoms with Crippen LogP contribution in [0.2, 0.25) is 0 Å². The highest BCUT2D eigenvalue weighted by molar-refractivity contribution is 5.87. The van der Waals surface area contributed by atoms with Crippen LogP contribution < -0.4 is 4.90 Å². The maximum atomic E-state index is 2.35. The van der Waals surface area contributed by atoms with E-state index in [2.05, 4.69) is 241 Å². The van der Waals surface area contributed by atoms with Gasteiger partial charge in [-0.2, -0.15) is 0 Å². The van der Waals surface area contributed by atoms with Gasteiger partial charge < -0.3 is 4.90 Å². The first-order chi connectivity index (χ1) is 27.3. The summed E-state index contributed by atoms with van der Waals surface area (Å²) in [6.45, 7) is 0. The van der Waals surface area contributed by atoms with Gasteiger partial charge >= 0.3 is 0 Å². The molecule has 1 nitrogen and oxygen atoms in total. The third kappa shape index (κ3) is 7.25. The van der Waals surface area contributed by atoms with E-state index in [0.29, 0.717) is 0 Å². The first-order valence-electron chi connectivity index (χ1n) is 18.8. The quantitative estimate of drug-likeness (QED) is 0.145. The fraction of sp³-hybridized carbons (Fsp3) is 0. The molecule has 9 aromatic rings. The van der Waals surface area contributed by atoms with E-state index in [9.17, 15) is 0 Å². The minimum Gasteiger partial charge on any atom is -0.310 e. The van der Waals surface area contributed by atoms with Gasteiger partial charge in [-0.25, -0.2) is 0 Å². The Morgan fingerprint density at radius 2 is 0.473 bits per heavy atom. The second-order valence-electron chi connectivity index (χ2n) is 13.8. The zero-order valence-corrected chi connectivity index (χ0v) is 30.5. The lowest BCUT2D eigenvalue weighted by molar-refractivity contribution is 1.28. The summed E-state index contributed by atoms with van der Waals surface area (Å²) in [6.07, 6.45) is 0. The Labute approximate surface area is 324 Å². The van der Waals surface area contributed by atoms with Gasteiger partial charge in [-0.15, -0.1) is 0 Å². The third-order valence-electron chi connectivity index (χ3n) is 10.3. The molecule has 260 valence electrons. The zero-order chi connectivity index (χ0) is 36.8. The molecule has 1 heteroatoms. The number of hydrogen-bond donors (Lipinski definition) is 0. The summed E-state index contributed by atoms with van der Waals surface area (Å²) < 4.78 is 0. The van der Waals surface area contributed by atoms with Crippen molar-refractivity contribution in [2.45, 2.75) is 0 Å². The van der Waals surface area contributed by atoms with Crippen LogP contribution in [0.15, 0.2) is 237 Å². The molecule has 9 aromatic carbocycles. The second kappa shape index (κ2) is 15.4. The van der Waals surface area contributed by atoms with E-state index in [4.69, 9.17) is 0 Å². The average molecular weight is 702 g/mol. The van der Waals surface area contributed by atoms with Gasteiger partial charge in [0, 0.05) is 17.1 Å². The van der Waals surface area contributed by atoms with Crippen LogP contribution in [0.1, 0.15) is 0 Å². The molecule has 0 aliphatic rings. The Morgan fingerprint density at radius 3 is 0.891 bits per heavy atom. The van der Waals surface area contributed by atoms with Crippen LogP contribution in [0, 0.1) is 0 Å². The number of rotatable bonds is 9. The first-order valence-corrected chi connectivity index (χ1v) is 18.8. The number of hydrogen-bond acceptors (Lipinski definition) is 1. The van der Waals surface area contributed by atoms with Crippen molar-refractivity contribution >= 4 is 17.1 Å². The molecule has 0 atom stereocenters. The van der Waals surface area contributed by atoms with E-state index >= 15 is 0 Å². The predicted molar refractivity (Wildman–Crippen MR) is 234 cm³/mol. The molecule has 0 aliphatic heterocycles. The number of nitrogens with zero attached hydrogens (tertiary/aromatic N) is 1. The van der Waals surface area contributed by atoms with Crippen molar-refractivity contribution in [3.05, 3.63) is 237 Å². The largest absolute Gasteiger partial charge is 0.310 e. The van der Waals surface area contributed by atoms with Gasteiger partial charge in [-0.05, 0) is 103 Å². The van der Waals surface area contributed by atoms with Crippen molar-refractivity contribution in [3.8, 4) is 66.8 Å². The van der Waals surface area contributed by atoms with Crippen LogP contribution in [0.25, 0.3) is 66.8 Å². The second-order valence-corrected chi connectivity index (χ2v) is 13.8. The molecule has 9 rings (SSSR count). The minimum absolute atomic E-state index is 1.10. The molecule has 0 saturated carbocycles. The summed E-state index contributed by atoms with van der Waals surface area (Å²) in [6, 6.07) is 84.9. The van der Waals surface area contributed by atoms with Crippen molar-refractivity contribution in [3.63, 3.8) is 0 Å². The lowest BCUT2D eigenvalue weighted by Gasteiger charge is -2.26. The molecular weight excluding hydrogens is 663 g/mol. The van der Waals surface area contributed by atoms with Crippen LogP contribution >= 0.6 is 0 Å². The molecule has 0 aliphatic carbocycles. The van der Waals surface area contributed by atoms with Gasteiger partial charge in [0.1, 0.15) is 0 Å². The fourth-order valence-corrected chi connectivity index (χ4v) is 7.44. The molecule has 0 spiro atoms. The van der Waals surface area contributed by atoms with Crippen molar-refractivity contribution in [2.75, 3.05) is 4.90 Å². The zero-order valence-electron chi connectivity index (χ0n) is 30.5. The molecule has 0 bridgehead atoms. The van der Waals surface area contributed by atoms with Crippen molar-refractivity contribution in [2.24, 2.45) is 0 Å². The third-order valence-corrected chi connectivity index (χ3v) is 10.3. The molecule has 0 fully saturated rings. The van der Waals surface area contributed by atoms with Gasteiger partial charge in [0.25, 0.3) is 0 Å². The van der Waals surface area contributed by atoms with Crippen molar-refractivity contribution < 1.29 is 0 Å². The summed E-state index contributed by atoms with van der Waals surface area (Å²) in [5, 5.41) is 0. The van der Waals surface area contributed by atoms with E-state index in [1.807, 2.05) is 0 Å². The van der Waals surface area contributed by atoms with E-state index in [-0.39, 0.29) is 0 Å². The molecule has 0 saturated heterocycles. The Kier molecular flexibility index (Phi) is 9.41. The molecule has 0 unspecified atom stereocenters. The van der Waals surface area contributed by atoms with E-state index in [0.717, 1.165) is 17.1 Å². The van der Waals surface area contributed by atoms with E-state index < -0.39 is 0 Å². The Morgan fingerprint density at radius 1 is 0.182 bits per heavy atom. The van der Waals surface area contributed by atoms with Crippen LogP contribution in [-0.4, -0.2) is 0 Å². The number of benzene rings is 9. The lowest BCUT2D eigenvalue weighted by Crippen LogP contribution is -2.10. The Hall–Kier alpha value is -7.22. The molecule has 0 heterocycles. The maximum absolute atomic E-state index is 2.35. The minimum atomic E-state index is 1.10. The first kappa shape index (κ1) is 33.6. The highest BCUT2D eigenvalue weighted by Gasteiger charge is 2.15. The molecule has 55 heavy (non-hydrogen) atoms. The molecular formula is C54H39N. The monoisotopic (exact) mass is 701 g/mol. The highest BCUT2D eigenvalue weighted by atomic mass is 15.1. The molecule has 0 aromatic heterocycles. The van der Waals surface area contributed by atoms with E-state index in [1.54, 1.807) is 0 Å². The van der Waals surface area contributed by atoms with Gasteiger partial charge in [-0.3, -0.25) is 0 Å². The Balaban J connectivity index is 1.05. The molecule has 0 amide bonds. The predicted octanol–water partition coefficient (Wildman–Crippen LogP) is 15.2. The van der Waals surface area contributed by atoms with Gasteiger partial charge in [0.15, 0.2) is 0 Å². The summed E-state index contributed by atoms with van der Waals surface area (Å²) in [5.41, 5.74) is 17.8.